The Hall–Kier alpha value is -1.31. The molecule has 122 valence electrons. The summed E-state index contributed by atoms with van der Waals surface area (Å²) in [7, 11) is 0. The lowest BCUT2D eigenvalue weighted by atomic mass is 9.96. The van der Waals surface area contributed by atoms with Crippen LogP contribution in [0.4, 0.5) is 13.2 Å². The summed E-state index contributed by atoms with van der Waals surface area (Å²) in [6.07, 6.45) is -4.59. The first kappa shape index (κ1) is 17.7. The second-order valence-corrected chi connectivity index (χ2v) is 6.46. The van der Waals surface area contributed by atoms with Gasteiger partial charge in [0.25, 0.3) is 0 Å². The van der Waals surface area contributed by atoms with E-state index in [4.69, 9.17) is 5.11 Å². The highest BCUT2D eigenvalue weighted by Crippen LogP contribution is 2.38. The van der Waals surface area contributed by atoms with Gasteiger partial charge in [0.1, 0.15) is 0 Å². The van der Waals surface area contributed by atoms with Crippen LogP contribution < -0.4 is 5.32 Å². The average Bonchev–Trinajstić information content (AvgIpc) is 2.69. The van der Waals surface area contributed by atoms with Crippen LogP contribution in [0.1, 0.15) is 27.7 Å². The molecule has 21 heavy (non-hydrogen) atoms. The van der Waals surface area contributed by atoms with E-state index < -0.39 is 48.0 Å². The molecule has 1 aliphatic heterocycles. The maximum absolute atomic E-state index is 12.9. The summed E-state index contributed by atoms with van der Waals surface area (Å²) in [6.45, 7) is 6.02. The Morgan fingerprint density at radius 1 is 1.24 bits per heavy atom. The van der Waals surface area contributed by atoms with E-state index in [1.54, 1.807) is 20.8 Å². The van der Waals surface area contributed by atoms with Crippen molar-refractivity contribution in [3.63, 3.8) is 0 Å². The molecule has 8 heteroatoms. The van der Waals surface area contributed by atoms with Crippen LogP contribution in [0, 0.1) is 11.8 Å². The van der Waals surface area contributed by atoms with E-state index in [2.05, 4.69) is 5.32 Å². The maximum atomic E-state index is 12.9. The summed E-state index contributed by atoms with van der Waals surface area (Å²) in [5.74, 6) is -5.37. The third kappa shape index (κ3) is 4.59. The number of hydrogen-bond donors (Lipinski definition) is 2. The average molecular weight is 310 g/mol. The van der Waals surface area contributed by atoms with Gasteiger partial charge in [0.2, 0.25) is 5.91 Å². The Bertz CT molecular complexity index is 418. The smallest absolute Gasteiger partial charge is 0.393 e. The molecule has 1 aliphatic rings. The second-order valence-electron chi connectivity index (χ2n) is 6.46. The van der Waals surface area contributed by atoms with Gasteiger partial charge in [-0.1, -0.05) is 0 Å². The number of carboxylic acid groups (broad SMARTS) is 1. The van der Waals surface area contributed by atoms with Crippen molar-refractivity contribution in [3.8, 4) is 0 Å². The summed E-state index contributed by atoms with van der Waals surface area (Å²) in [6, 6.07) is -0.807. The molecule has 0 saturated carbocycles. The fourth-order valence-corrected chi connectivity index (χ4v) is 2.37. The predicted molar refractivity (Wildman–Crippen MR) is 69.6 cm³/mol. The number of alkyl halides is 3. The Balaban J connectivity index is 2.82. The Morgan fingerprint density at radius 2 is 1.76 bits per heavy atom. The van der Waals surface area contributed by atoms with Crippen LogP contribution in [0.5, 0.6) is 0 Å². The molecule has 0 radical (unpaired) electrons. The van der Waals surface area contributed by atoms with Crippen LogP contribution in [0.3, 0.4) is 0 Å². The number of nitrogens with one attached hydrogen (secondary N) is 1. The lowest BCUT2D eigenvalue weighted by Crippen LogP contribution is -2.50. The molecule has 2 N–H and O–H groups in total. The quantitative estimate of drug-likeness (QED) is 0.828. The molecule has 3 atom stereocenters. The van der Waals surface area contributed by atoms with Crippen LogP contribution in [-0.2, 0) is 9.59 Å². The molecule has 1 unspecified atom stereocenters. The van der Waals surface area contributed by atoms with Crippen molar-refractivity contribution in [1.29, 1.82) is 0 Å². The zero-order chi connectivity index (χ0) is 16.6. The Morgan fingerprint density at radius 3 is 2.10 bits per heavy atom. The molecular weight excluding hydrogens is 289 g/mol. The SMILES string of the molecule is CC(C(=O)NC(C)(C)C)N1C[C@@H](C(F)(F)F)[C@H](C(=O)O)C1. The maximum Gasteiger partial charge on any atom is 0.393 e. The van der Waals surface area contributed by atoms with Crippen molar-refractivity contribution in [2.45, 2.75) is 45.5 Å². The number of likely N-dealkylation sites (tertiary alicyclic amines) is 1. The van der Waals surface area contributed by atoms with Gasteiger partial charge in [0.15, 0.2) is 0 Å². The van der Waals surface area contributed by atoms with Crippen LogP contribution in [0.25, 0.3) is 0 Å². The molecule has 1 amide bonds. The molecule has 1 fully saturated rings. The van der Waals surface area contributed by atoms with Crippen molar-refractivity contribution in [2.24, 2.45) is 11.8 Å². The molecule has 0 aromatic carbocycles. The number of carbonyl (C=O) groups excluding carboxylic acids is 1. The summed E-state index contributed by atoms with van der Waals surface area (Å²) < 4.78 is 38.7. The van der Waals surface area contributed by atoms with Crippen molar-refractivity contribution in [2.75, 3.05) is 13.1 Å². The zero-order valence-corrected chi connectivity index (χ0v) is 12.5. The Labute approximate surface area is 121 Å². The van der Waals surface area contributed by atoms with E-state index in [0.29, 0.717) is 0 Å². The van der Waals surface area contributed by atoms with Crippen molar-refractivity contribution >= 4 is 11.9 Å². The number of nitrogens with zero attached hydrogens (tertiary/aromatic N) is 1. The first-order valence-electron chi connectivity index (χ1n) is 6.68. The van der Waals surface area contributed by atoms with Gasteiger partial charge in [-0.25, -0.2) is 0 Å². The van der Waals surface area contributed by atoms with Crippen molar-refractivity contribution in [3.05, 3.63) is 0 Å². The monoisotopic (exact) mass is 310 g/mol. The molecule has 1 heterocycles. The van der Waals surface area contributed by atoms with E-state index in [1.165, 1.54) is 11.8 Å². The van der Waals surface area contributed by atoms with Crippen LogP contribution in [0.15, 0.2) is 0 Å². The number of aliphatic carboxylic acids is 1. The van der Waals surface area contributed by atoms with Crippen molar-refractivity contribution in [1.82, 2.24) is 10.2 Å². The Kier molecular flexibility index (Phi) is 4.92. The van der Waals surface area contributed by atoms with Gasteiger partial charge in [-0.15, -0.1) is 0 Å². The van der Waals surface area contributed by atoms with Gasteiger partial charge in [-0.05, 0) is 27.7 Å². The molecule has 5 nitrogen and oxygen atoms in total. The minimum Gasteiger partial charge on any atom is -0.481 e. The lowest BCUT2D eigenvalue weighted by Gasteiger charge is -2.28. The van der Waals surface area contributed by atoms with Gasteiger partial charge >= 0.3 is 12.1 Å². The number of carboxylic acids is 1. The fraction of sp³-hybridized carbons (Fsp3) is 0.846. The van der Waals surface area contributed by atoms with Gasteiger partial charge in [0.05, 0.1) is 17.9 Å². The fourth-order valence-electron chi connectivity index (χ4n) is 2.37. The third-order valence-electron chi connectivity index (χ3n) is 3.51. The van der Waals surface area contributed by atoms with E-state index >= 15 is 0 Å². The number of rotatable bonds is 3. The highest BCUT2D eigenvalue weighted by molar-refractivity contribution is 5.82. The highest BCUT2D eigenvalue weighted by Gasteiger charge is 2.53. The van der Waals surface area contributed by atoms with Crippen molar-refractivity contribution < 1.29 is 27.9 Å². The topological polar surface area (TPSA) is 69.6 Å². The molecule has 0 aromatic rings. The predicted octanol–water partition coefficient (Wildman–Crippen LogP) is 1.48. The minimum absolute atomic E-state index is 0.280. The molecule has 1 saturated heterocycles. The van der Waals surface area contributed by atoms with Crippen LogP contribution >= 0.6 is 0 Å². The van der Waals surface area contributed by atoms with Crippen LogP contribution in [0.2, 0.25) is 0 Å². The second kappa shape index (κ2) is 5.82. The van der Waals surface area contributed by atoms with Gasteiger partial charge in [0, 0.05) is 18.6 Å². The van der Waals surface area contributed by atoms with Crippen LogP contribution in [-0.4, -0.2) is 52.7 Å². The molecule has 0 aromatic heterocycles. The summed E-state index contributed by atoms with van der Waals surface area (Å²) in [5, 5.41) is 11.6. The molecule has 0 spiro atoms. The number of amides is 1. The highest BCUT2D eigenvalue weighted by atomic mass is 19.4. The van der Waals surface area contributed by atoms with E-state index in [-0.39, 0.29) is 6.54 Å². The first-order valence-corrected chi connectivity index (χ1v) is 6.68. The molecular formula is C13H21F3N2O3. The van der Waals surface area contributed by atoms with Gasteiger partial charge in [-0.3, -0.25) is 14.5 Å². The van der Waals surface area contributed by atoms with E-state index in [9.17, 15) is 22.8 Å². The van der Waals surface area contributed by atoms with E-state index in [1.807, 2.05) is 0 Å². The first-order chi connectivity index (χ1) is 9.33. The standard InChI is InChI=1S/C13H21F3N2O3/c1-7(10(19)17-12(2,3)4)18-5-8(11(20)21)9(6-18)13(14,15)16/h7-9H,5-6H2,1-4H3,(H,17,19)(H,20,21)/t7?,8-,9-/m1/s1. The van der Waals surface area contributed by atoms with Gasteiger partial charge in [-0.2, -0.15) is 13.2 Å². The van der Waals surface area contributed by atoms with E-state index in [0.717, 1.165) is 0 Å². The summed E-state index contributed by atoms with van der Waals surface area (Å²) in [5.41, 5.74) is -0.499. The minimum atomic E-state index is -4.59. The summed E-state index contributed by atoms with van der Waals surface area (Å²) in [4.78, 5) is 24.3. The zero-order valence-electron chi connectivity index (χ0n) is 12.5. The number of carbonyl (C=O) groups is 2. The molecule has 0 aliphatic carbocycles. The normalized spacial score (nSPS) is 25.7. The third-order valence-corrected chi connectivity index (χ3v) is 3.51. The number of hydrogen-bond acceptors (Lipinski definition) is 3. The largest absolute Gasteiger partial charge is 0.481 e. The summed E-state index contributed by atoms with van der Waals surface area (Å²) >= 11 is 0. The van der Waals surface area contributed by atoms with Gasteiger partial charge < -0.3 is 10.4 Å². The molecule has 1 rings (SSSR count). The number of halogens is 3. The lowest BCUT2D eigenvalue weighted by molar-refractivity contribution is -0.188. The molecule has 0 bridgehead atoms.